The van der Waals surface area contributed by atoms with Gasteiger partial charge in [-0.15, -0.1) is 0 Å². The van der Waals surface area contributed by atoms with E-state index in [1.54, 1.807) is 48.5 Å². The number of halogens is 3. The first-order valence-electron chi connectivity index (χ1n) is 6.19. The molecule has 0 bridgehead atoms. The average molecular weight is 328 g/mol. The van der Waals surface area contributed by atoms with Crippen LogP contribution in [0.4, 0.5) is 13.2 Å². The van der Waals surface area contributed by atoms with Gasteiger partial charge in [-0.25, -0.2) is 8.42 Å². The van der Waals surface area contributed by atoms with Gasteiger partial charge in [-0.2, -0.15) is 13.2 Å². The molecule has 0 radical (unpaired) electrons. The third-order valence-corrected chi connectivity index (χ3v) is 3.76. The van der Waals surface area contributed by atoms with E-state index >= 15 is 0 Å². The zero-order valence-corrected chi connectivity index (χ0v) is 12.7. The second kappa shape index (κ2) is 7.26. The van der Waals surface area contributed by atoms with E-state index < -0.39 is 21.6 Å². The highest BCUT2D eigenvalue weighted by Gasteiger charge is 2.32. The van der Waals surface area contributed by atoms with Crippen LogP contribution < -0.4 is 0 Å². The fourth-order valence-corrected chi connectivity index (χ4v) is 2.12. The van der Waals surface area contributed by atoms with Crippen molar-refractivity contribution in [3.63, 3.8) is 0 Å². The van der Waals surface area contributed by atoms with E-state index in [0.717, 1.165) is 0 Å². The van der Waals surface area contributed by atoms with Gasteiger partial charge in [-0.05, 0) is 17.7 Å². The first-order chi connectivity index (χ1) is 10.1. The maximum absolute atomic E-state index is 12.0. The number of hydrogen-bond acceptors (Lipinski definition) is 2. The SMILES string of the molecule is C=C(c1ccccc1)C(F)(F)F.CS(=O)(=O)c1ccccc1. The molecule has 0 aromatic heterocycles. The summed E-state index contributed by atoms with van der Waals surface area (Å²) >= 11 is 0. The summed E-state index contributed by atoms with van der Waals surface area (Å²) in [6, 6.07) is 15.9. The Morgan fingerprint density at radius 3 is 1.64 bits per heavy atom. The van der Waals surface area contributed by atoms with Crippen molar-refractivity contribution in [1.29, 1.82) is 0 Å². The van der Waals surface area contributed by atoms with Gasteiger partial charge in [0.25, 0.3) is 0 Å². The highest BCUT2D eigenvalue weighted by atomic mass is 32.2. The summed E-state index contributed by atoms with van der Waals surface area (Å²) in [5, 5.41) is 0. The third kappa shape index (κ3) is 5.73. The van der Waals surface area contributed by atoms with Crippen molar-refractivity contribution in [1.82, 2.24) is 0 Å². The molecule has 2 aromatic carbocycles. The first kappa shape index (κ1) is 18.0. The predicted octanol–water partition coefficient (Wildman–Crippen LogP) is 4.35. The van der Waals surface area contributed by atoms with Crippen LogP contribution in [0.2, 0.25) is 0 Å². The number of benzene rings is 2. The second-order valence-electron chi connectivity index (χ2n) is 4.43. The Labute approximate surface area is 127 Å². The Morgan fingerprint density at radius 1 is 0.909 bits per heavy atom. The molecule has 0 aliphatic carbocycles. The van der Waals surface area contributed by atoms with Gasteiger partial charge in [0.15, 0.2) is 9.84 Å². The fraction of sp³-hybridized carbons (Fsp3) is 0.125. The Hall–Kier alpha value is -2.08. The van der Waals surface area contributed by atoms with Crippen molar-refractivity contribution in [2.75, 3.05) is 6.26 Å². The molecule has 0 atom stereocenters. The van der Waals surface area contributed by atoms with Gasteiger partial charge in [0.05, 0.1) is 10.5 Å². The van der Waals surface area contributed by atoms with Crippen LogP contribution in [-0.4, -0.2) is 20.8 Å². The number of alkyl halides is 3. The quantitative estimate of drug-likeness (QED) is 0.821. The van der Waals surface area contributed by atoms with Gasteiger partial charge in [-0.1, -0.05) is 55.1 Å². The Kier molecular flexibility index (Phi) is 5.93. The van der Waals surface area contributed by atoms with Crippen molar-refractivity contribution in [3.05, 3.63) is 72.8 Å². The molecule has 0 unspecified atom stereocenters. The molecule has 0 amide bonds. The standard InChI is InChI=1S/C9H7F3.C7H8O2S/c1-7(9(10,11)12)8-5-3-2-4-6-8;1-10(8,9)7-5-3-2-4-6-7/h2-6H,1H2;2-6H,1H3. The van der Waals surface area contributed by atoms with Gasteiger partial charge in [0, 0.05) is 6.26 Å². The number of hydrogen-bond donors (Lipinski definition) is 0. The normalized spacial score (nSPS) is 11.3. The van der Waals surface area contributed by atoms with Crippen LogP contribution in [0.15, 0.2) is 72.1 Å². The smallest absolute Gasteiger partial charge is 0.224 e. The molecule has 118 valence electrons. The Bertz CT molecular complexity index is 706. The molecule has 0 spiro atoms. The molecule has 2 aromatic rings. The van der Waals surface area contributed by atoms with Crippen LogP contribution in [0.1, 0.15) is 5.56 Å². The van der Waals surface area contributed by atoms with Crippen LogP contribution in [0, 0.1) is 0 Å². The highest BCUT2D eigenvalue weighted by Crippen LogP contribution is 2.31. The maximum atomic E-state index is 12.0. The molecule has 0 saturated carbocycles. The molecule has 2 rings (SSSR count). The van der Waals surface area contributed by atoms with E-state index in [0.29, 0.717) is 4.90 Å². The monoisotopic (exact) mass is 328 g/mol. The van der Waals surface area contributed by atoms with Crippen LogP contribution >= 0.6 is 0 Å². The molecule has 6 heteroatoms. The van der Waals surface area contributed by atoms with Gasteiger partial charge < -0.3 is 0 Å². The molecule has 0 N–H and O–H groups in total. The third-order valence-electron chi connectivity index (χ3n) is 2.64. The Balaban J connectivity index is 0.000000224. The molecule has 0 aliphatic heterocycles. The molecule has 0 aliphatic rings. The minimum absolute atomic E-state index is 0.116. The van der Waals surface area contributed by atoms with Crippen molar-refractivity contribution >= 4 is 15.4 Å². The number of allylic oxidation sites excluding steroid dienone is 1. The van der Waals surface area contributed by atoms with Gasteiger partial charge in [0.2, 0.25) is 0 Å². The summed E-state index contributed by atoms with van der Waals surface area (Å²) in [6.45, 7) is 2.97. The van der Waals surface area contributed by atoms with Crippen molar-refractivity contribution in [2.45, 2.75) is 11.1 Å². The molecule has 0 heterocycles. The molecule has 22 heavy (non-hydrogen) atoms. The lowest BCUT2D eigenvalue weighted by molar-refractivity contribution is -0.0686. The van der Waals surface area contributed by atoms with Gasteiger partial charge >= 0.3 is 6.18 Å². The van der Waals surface area contributed by atoms with E-state index in [4.69, 9.17) is 0 Å². The number of sulfone groups is 1. The van der Waals surface area contributed by atoms with Crippen molar-refractivity contribution < 1.29 is 21.6 Å². The van der Waals surface area contributed by atoms with Gasteiger partial charge in [-0.3, -0.25) is 0 Å². The largest absolute Gasteiger partial charge is 0.416 e. The second-order valence-corrected chi connectivity index (χ2v) is 6.44. The summed E-state index contributed by atoms with van der Waals surface area (Å²) < 4.78 is 57.8. The molecular formula is C16H15F3O2S. The molecular weight excluding hydrogens is 313 g/mol. The highest BCUT2D eigenvalue weighted by molar-refractivity contribution is 7.90. The van der Waals surface area contributed by atoms with Gasteiger partial charge in [0.1, 0.15) is 0 Å². The summed E-state index contributed by atoms with van der Waals surface area (Å²) in [5.41, 5.74) is -0.687. The molecule has 0 saturated heterocycles. The lowest BCUT2D eigenvalue weighted by Gasteiger charge is -2.08. The molecule has 0 fully saturated rings. The minimum Gasteiger partial charge on any atom is -0.224 e. The van der Waals surface area contributed by atoms with E-state index in [1.807, 2.05) is 0 Å². The van der Waals surface area contributed by atoms with E-state index in [9.17, 15) is 21.6 Å². The van der Waals surface area contributed by atoms with Crippen molar-refractivity contribution in [3.8, 4) is 0 Å². The summed E-state index contributed by atoms with van der Waals surface area (Å²) in [5.74, 6) is 0. The van der Waals surface area contributed by atoms with E-state index in [2.05, 4.69) is 6.58 Å². The Morgan fingerprint density at radius 2 is 1.32 bits per heavy atom. The van der Waals surface area contributed by atoms with E-state index in [1.165, 1.54) is 18.4 Å². The summed E-state index contributed by atoms with van der Waals surface area (Å²) in [6.07, 6.45) is -3.14. The lowest BCUT2D eigenvalue weighted by Crippen LogP contribution is -2.09. The van der Waals surface area contributed by atoms with E-state index in [-0.39, 0.29) is 5.56 Å². The van der Waals surface area contributed by atoms with Crippen LogP contribution in [0.3, 0.4) is 0 Å². The average Bonchev–Trinajstić information content (AvgIpc) is 2.47. The minimum atomic E-state index is -4.33. The lowest BCUT2D eigenvalue weighted by atomic mass is 10.1. The van der Waals surface area contributed by atoms with Crippen LogP contribution in [0.5, 0.6) is 0 Å². The predicted molar refractivity (Wildman–Crippen MR) is 81.1 cm³/mol. The summed E-state index contributed by atoms with van der Waals surface area (Å²) in [4.78, 5) is 0.370. The zero-order valence-electron chi connectivity index (χ0n) is 11.8. The van der Waals surface area contributed by atoms with Crippen LogP contribution in [-0.2, 0) is 9.84 Å². The topological polar surface area (TPSA) is 34.1 Å². The first-order valence-corrected chi connectivity index (χ1v) is 8.08. The molecule has 2 nitrogen and oxygen atoms in total. The summed E-state index contributed by atoms with van der Waals surface area (Å²) in [7, 11) is -3.00. The zero-order chi connectivity index (χ0) is 16.8. The number of rotatable bonds is 2. The maximum Gasteiger partial charge on any atom is 0.416 e. The van der Waals surface area contributed by atoms with Crippen LogP contribution in [0.25, 0.3) is 5.57 Å². The fourth-order valence-electron chi connectivity index (χ4n) is 1.47. The van der Waals surface area contributed by atoms with Crippen molar-refractivity contribution in [2.24, 2.45) is 0 Å².